The van der Waals surface area contributed by atoms with Gasteiger partial charge in [0.1, 0.15) is 23.0 Å². The molecule has 0 unspecified atom stereocenters. The van der Waals surface area contributed by atoms with E-state index in [1.165, 1.54) is 20.8 Å². The minimum atomic E-state index is -0.196. The second-order valence-corrected chi connectivity index (χ2v) is 17.5. The Bertz CT molecular complexity index is 2110. The van der Waals surface area contributed by atoms with Crippen LogP contribution in [0.3, 0.4) is 0 Å². The normalized spacial score (nSPS) is 12.0. The Morgan fingerprint density at radius 1 is 0.400 bits per heavy atom. The first-order valence-corrected chi connectivity index (χ1v) is 24.1. The van der Waals surface area contributed by atoms with Crippen LogP contribution in [-0.4, -0.2) is 44.1 Å². The van der Waals surface area contributed by atoms with Gasteiger partial charge in [0.25, 0.3) is 0 Å². The van der Waals surface area contributed by atoms with Crippen molar-refractivity contribution in [1.29, 1.82) is 0 Å². The summed E-state index contributed by atoms with van der Waals surface area (Å²) in [5, 5.41) is 9.21. The molecule has 5 N–H and O–H groups in total. The van der Waals surface area contributed by atoms with Crippen LogP contribution < -0.4 is 40.6 Å². The summed E-state index contributed by atoms with van der Waals surface area (Å²) in [6, 6.07) is 15.9. The quantitative estimate of drug-likeness (QED) is 0.0374. The fourth-order valence-electron chi connectivity index (χ4n) is 8.59. The molecule has 0 saturated heterocycles. The number of hydrogen-bond donors (Lipinski definition) is 4. The number of hydrogen-bond acceptors (Lipinski definition) is 8. The van der Waals surface area contributed by atoms with Crippen molar-refractivity contribution in [2.24, 2.45) is 0 Å². The first-order valence-electron chi connectivity index (χ1n) is 24.1. The fraction of sp³-hybridized carbons (Fsp3) is 0.500. The third-order valence-corrected chi connectivity index (χ3v) is 11.5. The van der Waals surface area contributed by atoms with E-state index in [1.807, 2.05) is 48.5 Å². The number of carbonyl (C=O) groups is 3. The summed E-state index contributed by atoms with van der Waals surface area (Å²) in [6.45, 7) is 15.3. The highest BCUT2D eigenvalue weighted by atomic mass is 16.5. The van der Waals surface area contributed by atoms with Crippen LogP contribution in [0.25, 0.3) is 0 Å². The molecule has 11 heteroatoms. The third kappa shape index (κ3) is 15.2. The molecule has 1 aliphatic rings. The van der Waals surface area contributed by atoms with Gasteiger partial charge in [-0.15, -0.1) is 0 Å². The molecule has 0 saturated carbocycles. The molecule has 11 nitrogen and oxygen atoms in total. The number of nitrogens with one attached hydrogen (secondary N) is 3. The third-order valence-electron chi connectivity index (χ3n) is 11.5. The fourth-order valence-corrected chi connectivity index (χ4v) is 8.59. The number of nitrogens with two attached hydrogens (primary N) is 1. The Hall–Kier alpha value is -5.71. The number of amides is 3. The van der Waals surface area contributed by atoms with Gasteiger partial charge in [0.15, 0.2) is 0 Å². The Morgan fingerprint density at radius 2 is 0.615 bits per heavy atom. The molecule has 3 amide bonds. The number of unbranched alkanes of at least 4 members (excludes halogenated alkanes) is 8. The van der Waals surface area contributed by atoms with Crippen LogP contribution in [0.2, 0.25) is 0 Å². The minimum absolute atomic E-state index is 0.186. The number of fused-ring (bicyclic) bond motifs is 8. The highest BCUT2D eigenvalue weighted by Gasteiger charge is 2.25. The highest BCUT2D eigenvalue weighted by Crippen LogP contribution is 2.43. The zero-order valence-electron chi connectivity index (χ0n) is 40.2. The van der Waals surface area contributed by atoms with E-state index in [9.17, 15) is 14.4 Å². The van der Waals surface area contributed by atoms with Crippen LogP contribution in [0.1, 0.15) is 170 Å². The molecule has 65 heavy (non-hydrogen) atoms. The van der Waals surface area contributed by atoms with E-state index in [2.05, 4.69) is 43.6 Å². The average Bonchev–Trinajstić information content (AvgIpc) is 3.23. The van der Waals surface area contributed by atoms with Crippen molar-refractivity contribution in [3.63, 3.8) is 0 Å². The van der Waals surface area contributed by atoms with Gasteiger partial charge in [-0.05, 0) is 74.2 Å². The Balaban J connectivity index is 1.90. The average molecular weight is 891 g/mol. The first kappa shape index (κ1) is 50.3. The summed E-state index contributed by atoms with van der Waals surface area (Å²) in [5.74, 6) is 2.37. The molecule has 0 fully saturated rings. The van der Waals surface area contributed by atoms with Gasteiger partial charge in [0, 0.05) is 114 Å². The lowest BCUT2D eigenvalue weighted by molar-refractivity contribution is -0.115. The Labute approximate surface area is 387 Å². The van der Waals surface area contributed by atoms with E-state index < -0.39 is 0 Å². The van der Waals surface area contributed by atoms with Crippen LogP contribution in [0.15, 0.2) is 48.5 Å². The lowest BCUT2D eigenvalue weighted by atomic mass is 9.90. The predicted octanol–water partition coefficient (Wildman–Crippen LogP) is 12.1. The van der Waals surface area contributed by atoms with Crippen molar-refractivity contribution >= 4 is 40.5 Å². The zero-order chi connectivity index (χ0) is 46.7. The van der Waals surface area contributed by atoms with Crippen molar-refractivity contribution in [3.8, 4) is 23.0 Å². The summed E-state index contributed by atoms with van der Waals surface area (Å²) in [7, 11) is 0. The number of ether oxygens (including phenoxy) is 4. The van der Waals surface area contributed by atoms with Gasteiger partial charge in [-0.25, -0.2) is 0 Å². The lowest BCUT2D eigenvalue weighted by Gasteiger charge is -2.25. The number of rotatable bonds is 23. The molecule has 8 bridgehead atoms. The second kappa shape index (κ2) is 25.7. The van der Waals surface area contributed by atoms with Gasteiger partial charge in [-0.2, -0.15) is 0 Å². The maximum atomic E-state index is 12.8. The number of benzene rings is 4. The molecule has 1 aliphatic carbocycles. The van der Waals surface area contributed by atoms with Gasteiger partial charge in [0.05, 0.1) is 26.4 Å². The van der Waals surface area contributed by atoms with Crippen LogP contribution in [0.5, 0.6) is 23.0 Å². The summed E-state index contributed by atoms with van der Waals surface area (Å²) < 4.78 is 27.4. The van der Waals surface area contributed by atoms with E-state index in [-0.39, 0.29) is 17.7 Å². The molecule has 352 valence electrons. The van der Waals surface area contributed by atoms with Gasteiger partial charge < -0.3 is 40.6 Å². The highest BCUT2D eigenvalue weighted by molar-refractivity contribution is 5.91. The van der Waals surface area contributed by atoms with E-state index in [0.29, 0.717) is 74.9 Å². The molecule has 4 aromatic carbocycles. The van der Waals surface area contributed by atoms with Crippen LogP contribution >= 0.6 is 0 Å². The zero-order valence-corrected chi connectivity index (χ0v) is 40.2. The maximum absolute atomic E-state index is 12.8. The summed E-state index contributed by atoms with van der Waals surface area (Å²) >= 11 is 0. The first-order chi connectivity index (χ1) is 31.4. The van der Waals surface area contributed by atoms with E-state index in [4.69, 9.17) is 24.7 Å². The molecule has 0 aromatic heterocycles. The van der Waals surface area contributed by atoms with Gasteiger partial charge >= 0.3 is 0 Å². The van der Waals surface area contributed by atoms with E-state index in [1.54, 1.807) is 0 Å². The molecule has 0 atom stereocenters. The predicted molar refractivity (Wildman–Crippen MR) is 264 cm³/mol. The van der Waals surface area contributed by atoms with E-state index >= 15 is 0 Å². The minimum Gasteiger partial charge on any atom is -0.493 e. The summed E-state index contributed by atoms with van der Waals surface area (Å²) in [5.41, 5.74) is 16.3. The topological polar surface area (TPSA) is 150 Å². The van der Waals surface area contributed by atoms with Crippen molar-refractivity contribution in [3.05, 3.63) is 93.0 Å². The Morgan fingerprint density at radius 3 is 0.815 bits per heavy atom. The number of anilines is 4. The lowest BCUT2D eigenvalue weighted by Crippen LogP contribution is -2.14. The maximum Gasteiger partial charge on any atom is 0.221 e. The van der Waals surface area contributed by atoms with Crippen molar-refractivity contribution in [1.82, 2.24) is 0 Å². The van der Waals surface area contributed by atoms with Crippen molar-refractivity contribution < 1.29 is 33.3 Å². The summed E-state index contributed by atoms with van der Waals surface area (Å²) in [6.07, 6.45) is 13.3. The molecular formula is C54H74N4O7. The summed E-state index contributed by atoms with van der Waals surface area (Å²) in [4.78, 5) is 38.3. The molecule has 0 heterocycles. The van der Waals surface area contributed by atoms with E-state index in [0.717, 1.165) is 145 Å². The second-order valence-electron chi connectivity index (χ2n) is 17.5. The van der Waals surface area contributed by atoms with Crippen molar-refractivity contribution in [2.75, 3.05) is 48.1 Å². The van der Waals surface area contributed by atoms with Crippen molar-refractivity contribution in [2.45, 2.75) is 151 Å². The molecular weight excluding hydrogens is 817 g/mol. The molecule has 0 spiro atoms. The largest absolute Gasteiger partial charge is 0.493 e. The van der Waals surface area contributed by atoms with Crippen LogP contribution in [0, 0.1) is 0 Å². The van der Waals surface area contributed by atoms with Gasteiger partial charge in [-0.1, -0.05) is 79.1 Å². The van der Waals surface area contributed by atoms with Crippen LogP contribution in [-0.2, 0) is 40.1 Å². The molecule has 0 aliphatic heterocycles. The molecule has 4 aromatic rings. The smallest absolute Gasteiger partial charge is 0.221 e. The van der Waals surface area contributed by atoms with Crippen LogP contribution in [0.4, 0.5) is 22.7 Å². The molecule has 0 radical (unpaired) electrons. The Kier molecular flexibility index (Phi) is 19.9. The monoisotopic (exact) mass is 891 g/mol. The standard InChI is InChI=1S/C54H74N4O7/c1-8-12-16-20-62-51-39-24-41-30-48(56-36(5)59)32-43(52(41)63-21-17-13-9-2)26-45-34-50(58-38(7)61)35-46(54(45)65-23-19-15-11-4)27-44-33-49(57-37(6)60)31-42(25-40(51)29-47(55)28-39)53(44)64-22-18-14-10-3/h28-35H,8-27,55H2,1-7H3,(H,56,59)(H,57,60)(H,58,61). The number of nitrogen functional groups attached to an aromatic ring is 1. The SMILES string of the molecule is CCCCCOc1c2cc(N)cc1Cc1cc(NC(C)=O)cc(c1OCCCCC)Cc1cc(NC(C)=O)cc(c1OCCCCC)Cc1cc(NC(C)=O)cc(c1OCCCCC)C2. The van der Waals surface area contributed by atoms with Gasteiger partial charge in [-0.3, -0.25) is 14.4 Å². The molecule has 5 rings (SSSR count). The number of carbonyl (C=O) groups excluding carboxylic acids is 3. The van der Waals surface area contributed by atoms with Gasteiger partial charge in [0.2, 0.25) is 17.7 Å².